The minimum Gasteiger partial charge on any atom is -0.497 e. The number of carbonyl (C=O) groups is 1. The Kier molecular flexibility index (Phi) is 8.33. The summed E-state index contributed by atoms with van der Waals surface area (Å²) in [7, 11) is 3.82. The molecule has 1 amide bonds. The average Bonchev–Trinajstić information content (AvgIpc) is 3.29. The van der Waals surface area contributed by atoms with Crippen molar-refractivity contribution < 1.29 is 9.53 Å². The average molecular weight is 462 g/mol. The number of likely N-dealkylation sites (N-methyl/N-ethyl adjacent to an activating group) is 1. The quantitative estimate of drug-likeness (QED) is 0.469. The highest BCUT2D eigenvalue weighted by atomic mass is 16.5. The second-order valence-electron chi connectivity index (χ2n) is 8.91. The highest BCUT2D eigenvalue weighted by Crippen LogP contribution is 2.26. The number of amides is 1. The van der Waals surface area contributed by atoms with E-state index in [1.807, 2.05) is 53.3 Å². The Morgan fingerprint density at radius 1 is 1.03 bits per heavy atom. The number of nitrogens with one attached hydrogen (secondary N) is 1. The summed E-state index contributed by atoms with van der Waals surface area (Å²) in [5.74, 6) is 0.655. The van der Waals surface area contributed by atoms with Gasteiger partial charge in [0.15, 0.2) is 0 Å². The van der Waals surface area contributed by atoms with Gasteiger partial charge in [-0.15, -0.1) is 0 Å². The molecular formula is C27H35N5O2. The smallest absolute Gasteiger partial charge is 0.255 e. The van der Waals surface area contributed by atoms with E-state index in [-0.39, 0.29) is 5.91 Å². The molecule has 1 saturated heterocycles. The monoisotopic (exact) mass is 461 g/mol. The Balaban J connectivity index is 1.40. The molecule has 0 spiro atoms. The molecule has 1 aliphatic rings. The summed E-state index contributed by atoms with van der Waals surface area (Å²) in [6.07, 6.45) is 3.89. The molecule has 4 rings (SSSR count). The van der Waals surface area contributed by atoms with Gasteiger partial charge in [0.25, 0.3) is 5.91 Å². The number of methoxy groups -OCH3 is 1. The second-order valence-corrected chi connectivity index (χ2v) is 8.91. The van der Waals surface area contributed by atoms with E-state index in [0.717, 1.165) is 62.4 Å². The summed E-state index contributed by atoms with van der Waals surface area (Å²) >= 11 is 0. The minimum atomic E-state index is -0.0864. The van der Waals surface area contributed by atoms with Crippen LogP contribution in [0.3, 0.4) is 0 Å². The van der Waals surface area contributed by atoms with Crippen molar-refractivity contribution in [2.24, 2.45) is 0 Å². The Morgan fingerprint density at radius 2 is 1.82 bits per heavy atom. The predicted molar refractivity (Wildman–Crippen MR) is 135 cm³/mol. The second kappa shape index (κ2) is 11.8. The molecule has 0 bridgehead atoms. The molecule has 0 aliphatic carbocycles. The Hall–Kier alpha value is -3.16. The first-order valence-electron chi connectivity index (χ1n) is 12.1. The highest BCUT2D eigenvalue weighted by Gasteiger charge is 2.19. The van der Waals surface area contributed by atoms with Gasteiger partial charge in [0.1, 0.15) is 11.4 Å². The number of piperazine rings is 1. The maximum absolute atomic E-state index is 13.1. The van der Waals surface area contributed by atoms with E-state index in [9.17, 15) is 4.79 Å². The third kappa shape index (κ3) is 6.46. The van der Waals surface area contributed by atoms with Gasteiger partial charge in [0, 0.05) is 44.5 Å². The number of hydrogen-bond donors (Lipinski definition) is 1. The number of ether oxygens (including phenoxy) is 1. The molecule has 1 fully saturated rings. The number of aromatic nitrogens is 2. The van der Waals surface area contributed by atoms with Crippen molar-refractivity contribution in [3.8, 4) is 17.0 Å². The van der Waals surface area contributed by atoms with Gasteiger partial charge in [-0.25, -0.2) is 0 Å². The van der Waals surface area contributed by atoms with Crippen molar-refractivity contribution in [2.75, 3.05) is 53.4 Å². The molecule has 2 heterocycles. The topological polar surface area (TPSA) is 62.6 Å². The van der Waals surface area contributed by atoms with Crippen LogP contribution in [0.25, 0.3) is 11.3 Å². The van der Waals surface area contributed by atoms with Crippen molar-refractivity contribution in [3.05, 3.63) is 71.9 Å². The van der Waals surface area contributed by atoms with Crippen molar-refractivity contribution in [3.63, 3.8) is 0 Å². The lowest BCUT2D eigenvalue weighted by atomic mass is 10.1. The van der Waals surface area contributed by atoms with Crippen LogP contribution in [-0.2, 0) is 6.54 Å². The number of rotatable bonds is 10. The van der Waals surface area contributed by atoms with Gasteiger partial charge < -0.3 is 19.9 Å². The minimum absolute atomic E-state index is 0.0864. The van der Waals surface area contributed by atoms with Crippen molar-refractivity contribution in [1.29, 1.82) is 0 Å². The maximum atomic E-state index is 13.1. The van der Waals surface area contributed by atoms with E-state index in [2.05, 4.69) is 34.3 Å². The molecule has 1 N–H and O–H groups in total. The van der Waals surface area contributed by atoms with Gasteiger partial charge in [-0.2, -0.15) is 5.10 Å². The van der Waals surface area contributed by atoms with Crippen LogP contribution in [0.5, 0.6) is 5.75 Å². The van der Waals surface area contributed by atoms with Crippen LogP contribution in [0, 0.1) is 0 Å². The van der Waals surface area contributed by atoms with Gasteiger partial charge in [0.05, 0.1) is 19.2 Å². The van der Waals surface area contributed by atoms with Crippen LogP contribution < -0.4 is 10.1 Å². The molecule has 0 radical (unpaired) electrons. The highest BCUT2D eigenvalue weighted by molar-refractivity contribution is 5.99. The van der Waals surface area contributed by atoms with E-state index >= 15 is 0 Å². The first-order chi connectivity index (χ1) is 16.6. The molecule has 2 aromatic carbocycles. The molecular weight excluding hydrogens is 426 g/mol. The standard InChI is InChI=1S/C27H35N5O2/c1-30-15-17-31(18-16-30)14-7-6-13-28-27(33)25-21-32(20-22-9-4-3-5-10-22)29-26(25)23-11-8-12-24(19-23)34-2/h3-5,8-12,19,21H,6-7,13-18,20H2,1-2H3,(H,28,33). The van der Waals surface area contributed by atoms with E-state index < -0.39 is 0 Å². The fraction of sp³-hybridized carbons (Fsp3) is 0.407. The number of carbonyl (C=O) groups excluding carboxylic acids is 1. The number of nitrogens with zero attached hydrogens (tertiary/aromatic N) is 4. The van der Waals surface area contributed by atoms with E-state index in [4.69, 9.17) is 9.84 Å². The summed E-state index contributed by atoms with van der Waals surface area (Å²) in [5.41, 5.74) is 3.26. The number of benzene rings is 2. The summed E-state index contributed by atoms with van der Waals surface area (Å²) in [4.78, 5) is 18.0. The number of hydrogen-bond acceptors (Lipinski definition) is 5. The fourth-order valence-corrected chi connectivity index (χ4v) is 4.25. The van der Waals surface area contributed by atoms with Gasteiger partial charge >= 0.3 is 0 Å². The molecule has 1 aromatic heterocycles. The Labute approximate surface area is 202 Å². The molecule has 7 heteroatoms. The van der Waals surface area contributed by atoms with Gasteiger partial charge in [-0.3, -0.25) is 9.48 Å². The normalized spacial score (nSPS) is 14.8. The first kappa shape index (κ1) is 24.0. The molecule has 0 saturated carbocycles. The summed E-state index contributed by atoms with van der Waals surface area (Å²) < 4.78 is 7.22. The van der Waals surface area contributed by atoms with Gasteiger partial charge in [0.2, 0.25) is 0 Å². The zero-order valence-corrected chi connectivity index (χ0v) is 20.2. The van der Waals surface area contributed by atoms with Crippen molar-refractivity contribution >= 4 is 5.91 Å². The predicted octanol–water partition coefficient (Wildman–Crippen LogP) is 3.36. The third-order valence-electron chi connectivity index (χ3n) is 6.32. The lowest BCUT2D eigenvalue weighted by Crippen LogP contribution is -2.44. The molecule has 7 nitrogen and oxygen atoms in total. The Bertz CT molecular complexity index is 1060. The maximum Gasteiger partial charge on any atom is 0.255 e. The SMILES string of the molecule is COc1cccc(-c2nn(Cc3ccccc3)cc2C(=O)NCCCCN2CCN(C)CC2)c1. The number of unbranched alkanes of at least 4 members (excludes halogenated alkanes) is 1. The summed E-state index contributed by atoms with van der Waals surface area (Å²) in [5, 5.41) is 7.88. The van der Waals surface area contributed by atoms with Crippen LogP contribution in [0.1, 0.15) is 28.8 Å². The zero-order valence-electron chi connectivity index (χ0n) is 20.2. The van der Waals surface area contributed by atoms with Crippen LogP contribution in [0.4, 0.5) is 0 Å². The van der Waals surface area contributed by atoms with Crippen LogP contribution in [0.2, 0.25) is 0 Å². The first-order valence-corrected chi connectivity index (χ1v) is 12.1. The van der Waals surface area contributed by atoms with E-state index in [1.54, 1.807) is 7.11 Å². The van der Waals surface area contributed by atoms with Crippen LogP contribution in [-0.4, -0.2) is 78.9 Å². The lowest BCUT2D eigenvalue weighted by Gasteiger charge is -2.32. The van der Waals surface area contributed by atoms with E-state index in [1.165, 1.54) is 0 Å². The van der Waals surface area contributed by atoms with Gasteiger partial charge in [-0.1, -0.05) is 42.5 Å². The zero-order chi connectivity index (χ0) is 23.8. The molecule has 0 atom stereocenters. The van der Waals surface area contributed by atoms with Crippen LogP contribution >= 0.6 is 0 Å². The largest absolute Gasteiger partial charge is 0.497 e. The van der Waals surface area contributed by atoms with Crippen molar-refractivity contribution in [2.45, 2.75) is 19.4 Å². The molecule has 1 aliphatic heterocycles. The molecule has 3 aromatic rings. The Morgan fingerprint density at radius 3 is 2.59 bits per heavy atom. The van der Waals surface area contributed by atoms with Gasteiger partial charge in [-0.05, 0) is 44.1 Å². The third-order valence-corrected chi connectivity index (χ3v) is 6.32. The van der Waals surface area contributed by atoms with E-state index in [0.29, 0.717) is 24.3 Å². The summed E-state index contributed by atoms with van der Waals surface area (Å²) in [6.45, 7) is 6.89. The molecule has 0 unspecified atom stereocenters. The summed E-state index contributed by atoms with van der Waals surface area (Å²) in [6, 6.07) is 17.8. The molecule has 34 heavy (non-hydrogen) atoms. The lowest BCUT2D eigenvalue weighted by molar-refractivity contribution is 0.0952. The van der Waals surface area contributed by atoms with Crippen molar-refractivity contribution in [1.82, 2.24) is 24.9 Å². The molecule has 180 valence electrons. The fourth-order valence-electron chi connectivity index (χ4n) is 4.25. The van der Waals surface area contributed by atoms with Crippen LogP contribution in [0.15, 0.2) is 60.8 Å².